The Labute approximate surface area is 201 Å². The molecule has 2 fully saturated rings. The number of rotatable bonds is 10. The maximum absolute atomic E-state index is 9.96. The third kappa shape index (κ3) is 6.56. The van der Waals surface area contributed by atoms with Crippen molar-refractivity contribution >= 4 is 11.6 Å². The molecule has 0 bridgehead atoms. The predicted molar refractivity (Wildman–Crippen MR) is 132 cm³/mol. The van der Waals surface area contributed by atoms with Gasteiger partial charge in [0.2, 0.25) is 0 Å². The first kappa shape index (κ1) is 24.7. The fraction of sp³-hybridized carbons (Fsp3) is 0.600. The summed E-state index contributed by atoms with van der Waals surface area (Å²) in [6, 6.07) is 10.2. The zero-order chi connectivity index (χ0) is 23.9. The minimum Gasteiger partial charge on any atom is -0.491 e. The van der Waals surface area contributed by atoms with Crippen molar-refractivity contribution in [2.24, 2.45) is 0 Å². The lowest BCUT2D eigenvalue weighted by atomic mass is 10.1. The van der Waals surface area contributed by atoms with E-state index in [0.717, 1.165) is 62.5 Å². The molecule has 2 heterocycles. The lowest BCUT2D eigenvalue weighted by Gasteiger charge is -2.32. The molecule has 4 rings (SSSR count). The third-order valence-electron chi connectivity index (χ3n) is 6.54. The SMILES string of the molecule is CNCC(O)COc1cccc(-c2nc(N[C@@H]3CC[C@@H](O)C3)cc(N(C)C3CCOCC3)n2)c1. The average molecular weight is 472 g/mol. The molecule has 2 aliphatic rings. The van der Waals surface area contributed by atoms with Crippen molar-refractivity contribution in [1.82, 2.24) is 15.3 Å². The van der Waals surface area contributed by atoms with Crippen molar-refractivity contribution in [3.05, 3.63) is 30.3 Å². The van der Waals surface area contributed by atoms with Gasteiger partial charge in [0.05, 0.1) is 6.10 Å². The summed E-state index contributed by atoms with van der Waals surface area (Å²) >= 11 is 0. The van der Waals surface area contributed by atoms with E-state index in [9.17, 15) is 10.2 Å². The number of aliphatic hydroxyl groups excluding tert-OH is 2. The number of aliphatic hydroxyl groups is 2. The number of aromatic nitrogens is 2. The molecule has 1 aliphatic heterocycles. The summed E-state index contributed by atoms with van der Waals surface area (Å²) in [6.45, 7) is 2.19. The van der Waals surface area contributed by atoms with E-state index in [-0.39, 0.29) is 18.8 Å². The summed E-state index contributed by atoms with van der Waals surface area (Å²) in [5, 5.41) is 26.4. The number of ether oxygens (including phenoxy) is 2. The van der Waals surface area contributed by atoms with Crippen molar-refractivity contribution in [1.29, 1.82) is 0 Å². The largest absolute Gasteiger partial charge is 0.491 e. The summed E-state index contributed by atoms with van der Waals surface area (Å²) < 4.78 is 11.3. The maximum atomic E-state index is 9.96. The molecule has 9 heteroatoms. The van der Waals surface area contributed by atoms with Gasteiger partial charge in [-0.1, -0.05) is 12.1 Å². The molecule has 1 aromatic heterocycles. The summed E-state index contributed by atoms with van der Waals surface area (Å²) in [4.78, 5) is 11.9. The summed E-state index contributed by atoms with van der Waals surface area (Å²) in [5.74, 6) is 2.88. The van der Waals surface area contributed by atoms with Crippen LogP contribution >= 0.6 is 0 Å². The first-order chi connectivity index (χ1) is 16.5. The highest BCUT2D eigenvalue weighted by Gasteiger charge is 2.25. The van der Waals surface area contributed by atoms with Crippen LogP contribution < -0.4 is 20.3 Å². The number of benzene rings is 1. The Morgan fingerprint density at radius 3 is 2.74 bits per heavy atom. The Bertz CT molecular complexity index is 924. The van der Waals surface area contributed by atoms with Gasteiger partial charge in [-0.05, 0) is 51.3 Å². The highest BCUT2D eigenvalue weighted by atomic mass is 16.5. The molecular formula is C25H37N5O4. The number of nitrogens with one attached hydrogen (secondary N) is 2. The van der Waals surface area contributed by atoms with Gasteiger partial charge in [-0.2, -0.15) is 0 Å². The maximum Gasteiger partial charge on any atom is 0.163 e. The second-order valence-electron chi connectivity index (χ2n) is 9.25. The Morgan fingerprint density at radius 2 is 2.00 bits per heavy atom. The van der Waals surface area contributed by atoms with Gasteiger partial charge in [-0.3, -0.25) is 0 Å². The van der Waals surface area contributed by atoms with Crippen LogP contribution in [0.1, 0.15) is 32.1 Å². The Morgan fingerprint density at radius 1 is 1.18 bits per heavy atom. The number of hydrogen-bond donors (Lipinski definition) is 4. The van der Waals surface area contributed by atoms with Gasteiger partial charge in [0.15, 0.2) is 5.82 Å². The van der Waals surface area contributed by atoms with Crippen molar-refractivity contribution in [3.63, 3.8) is 0 Å². The fourth-order valence-electron chi connectivity index (χ4n) is 4.59. The molecule has 1 aliphatic carbocycles. The van der Waals surface area contributed by atoms with Crippen LogP contribution in [0.25, 0.3) is 11.4 Å². The second kappa shape index (κ2) is 11.8. The molecule has 1 unspecified atom stereocenters. The molecule has 0 spiro atoms. The minimum absolute atomic E-state index is 0.197. The molecule has 34 heavy (non-hydrogen) atoms. The smallest absolute Gasteiger partial charge is 0.163 e. The van der Waals surface area contributed by atoms with Crippen molar-refractivity contribution < 1.29 is 19.7 Å². The highest BCUT2D eigenvalue weighted by Crippen LogP contribution is 2.29. The van der Waals surface area contributed by atoms with Gasteiger partial charge in [-0.15, -0.1) is 0 Å². The number of nitrogens with zero attached hydrogens (tertiary/aromatic N) is 3. The molecular weight excluding hydrogens is 434 g/mol. The number of hydrogen-bond acceptors (Lipinski definition) is 9. The highest BCUT2D eigenvalue weighted by molar-refractivity contribution is 5.63. The molecule has 9 nitrogen and oxygen atoms in total. The van der Waals surface area contributed by atoms with Crippen molar-refractivity contribution in [2.45, 2.75) is 56.4 Å². The van der Waals surface area contributed by atoms with E-state index in [2.05, 4.69) is 22.6 Å². The van der Waals surface area contributed by atoms with E-state index in [0.29, 0.717) is 24.2 Å². The minimum atomic E-state index is -0.584. The molecule has 186 valence electrons. The zero-order valence-corrected chi connectivity index (χ0v) is 20.1. The third-order valence-corrected chi connectivity index (χ3v) is 6.54. The van der Waals surface area contributed by atoms with E-state index in [4.69, 9.17) is 19.4 Å². The topological polar surface area (TPSA) is 112 Å². The normalized spacial score (nSPS) is 21.9. The van der Waals surface area contributed by atoms with Gasteiger partial charge >= 0.3 is 0 Å². The van der Waals surface area contributed by atoms with E-state index in [1.54, 1.807) is 7.05 Å². The number of likely N-dealkylation sites (N-methyl/N-ethyl adjacent to an activating group) is 1. The lowest BCUT2D eigenvalue weighted by Crippen LogP contribution is -2.37. The van der Waals surface area contributed by atoms with Gasteiger partial charge < -0.3 is 35.2 Å². The van der Waals surface area contributed by atoms with Crippen LogP contribution in [0.4, 0.5) is 11.6 Å². The van der Waals surface area contributed by atoms with E-state index in [1.807, 2.05) is 30.3 Å². The Kier molecular flexibility index (Phi) is 8.55. The van der Waals surface area contributed by atoms with Crippen molar-refractivity contribution in [2.75, 3.05) is 50.7 Å². The Hall–Kier alpha value is -2.46. The summed E-state index contributed by atoms with van der Waals surface area (Å²) in [6.07, 6.45) is 3.54. The van der Waals surface area contributed by atoms with E-state index >= 15 is 0 Å². The molecule has 1 saturated heterocycles. The van der Waals surface area contributed by atoms with Crippen molar-refractivity contribution in [3.8, 4) is 17.1 Å². The molecule has 0 amide bonds. The predicted octanol–water partition coefficient (Wildman–Crippen LogP) is 2.04. The van der Waals surface area contributed by atoms with Crippen LogP contribution in [-0.2, 0) is 4.74 Å². The fourth-order valence-corrected chi connectivity index (χ4v) is 4.59. The molecule has 0 radical (unpaired) electrons. The van der Waals surface area contributed by atoms with Gasteiger partial charge in [0.25, 0.3) is 0 Å². The lowest BCUT2D eigenvalue weighted by molar-refractivity contribution is 0.0853. The van der Waals surface area contributed by atoms with Gasteiger partial charge in [0, 0.05) is 50.5 Å². The van der Waals surface area contributed by atoms with Crippen LogP contribution in [0.15, 0.2) is 30.3 Å². The van der Waals surface area contributed by atoms with E-state index in [1.165, 1.54) is 0 Å². The average Bonchev–Trinajstić information content (AvgIpc) is 3.27. The quantitative estimate of drug-likeness (QED) is 0.414. The van der Waals surface area contributed by atoms with Crippen LogP contribution in [0.2, 0.25) is 0 Å². The zero-order valence-electron chi connectivity index (χ0n) is 20.1. The van der Waals surface area contributed by atoms with Crippen LogP contribution in [0.3, 0.4) is 0 Å². The monoisotopic (exact) mass is 471 g/mol. The summed E-state index contributed by atoms with van der Waals surface area (Å²) in [7, 11) is 3.87. The first-order valence-corrected chi connectivity index (χ1v) is 12.2. The molecule has 1 aromatic carbocycles. The summed E-state index contributed by atoms with van der Waals surface area (Å²) in [5.41, 5.74) is 0.845. The first-order valence-electron chi connectivity index (χ1n) is 12.2. The van der Waals surface area contributed by atoms with Crippen LogP contribution in [0, 0.1) is 0 Å². The van der Waals surface area contributed by atoms with Gasteiger partial charge in [-0.25, -0.2) is 9.97 Å². The molecule has 3 atom stereocenters. The Balaban J connectivity index is 1.58. The second-order valence-corrected chi connectivity index (χ2v) is 9.25. The molecule has 4 N–H and O–H groups in total. The van der Waals surface area contributed by atoms with E-state index < -0.39 is 6.10 Å². The molecule has 1 saturated carbocycles. The standard InChI is InChI=1S/C25H37N5O4/c1-26-15-21(32)16-34-22-5-3-4-17(12-22)25-28-23(27-18-6-7-20(31)13-18)14-24(29-25)30(2)19-8-10-33-11-9-19/h3-5,12,14,18-21,26,31-32H,6-11,13,15-16H2,1-2H3,(H,27,28,29)/t18-,20-,21?/m1/s1. The van der Waals surface area contributed by atoms with Crippen LogP contribution in [0.5, 0.6) is 5.75 Å². The van der Waals surface area contributed by atoms with Gasteiger partial charge in [0.1, 0.15) is 30.1 Å². The molecule has 2 aromatic rings. The number of anilines is 2. The van der Waals surface area contributed by atoms with Crippen LogP contribution in [-0.4, -0.2) is 84.9 Å².